The van der Waals surface area contributed by atoms with E-state index in [1.165, 1.54) is 0 Å². The van der Waals surface area contributed by atoms with Gasteiger partial charge in [0.25, 0.3) is 5.92 Å². The minimum Gasteiger partial charge on any atom is -0.400 e. The molecule has 0 N–H and O–H groups in total. The zero-order valence-electron chi connectivity index (χ0n) is 15.9. The molecule has 7 heteroatoms. The van der Waals surface area contributed by atoms with Gasteiger partial charge in [-0.3, -0.25) is 9.89 Å². The molecule has 0 atom stereocenters. The molecule has 0 aromatic heterocycles. The van der Waals surface area contributed by atoms with Crippen LogP contribution in [-0.2, 0) is 9.31 Å². The summed E-state index contributed by atoms with van der Waals surface area (Å²) in [6, 6.07) is 0. The first kappa shape index (κ1) is 20.3. The minimum atomic E-state index is -2.56. The number of rotatable bonds is 6. The molecule has 0 amide bonds. The second-order valence-electron chi connectivity index (χ2n) is 7.95. The SMILES string of the molecule is C=N/C(=C\C=C(/C)B1OC(C)(C)C(C)(C)O1)CCN1CCC(F)(F)C1. The van der Waals surface area contributed by atoms with Crippen LogP contribution in [0.1, 0.15) is 47.5 Å². The first-order chi connectivity index (χ1) is 11.5. The fourth-order valence-corrected chi connectivity index (χ4v) is 2.82. The van der Waals surface area contributed by atoms with E-state index in [1.807, 2.05) is 46.8 Å². The molecule has 2 fully saturated rings. The van der Waals surface area contributed by atoms with Gasteiger partial charge in [0.05, 0.1) is 17.7 Å². The molecular formula is C18H29BF2N2O2. The van der Waals surface area contributed by atoms with E-state index >= 15 is 0 Å². The lowest BCUT2D eigenvalue weighted by atomic mass is 9.79. The van der Waals surface area contributed by atoms with Crippen LogP contribution in [0.2, 0.25) is 0 Å². The Morgan fingerprint density at radius 1 is 1.20 bits per heavy atom. The van der Waals surface area contributed by atoms with Crippen LogP contribution in [0.3, 0.4) is 0 Å². The lowest BCUT2D eigenvalue weighted by Crippen LogP contribution is -2.41. The van der Waals surface area contributed by atoms with E-state index in [1.54, 1.807) is 4.90 Å². The first-order valence-corrected chi connectivity index (χ1v) is 8.76. The van der Waals surface area contributed by atoms with Gasteiger partial charge in [0, 0.05) is 31.6 Å². The van der Waals surface area contributed by atoms with E-state index in [0.717, 1.165) is 11.2 Å². The third-order valence-electron chi connectivity index (χ3n) is 5.30. The lowest BCUT2D eigenvalue weighted by molar-refractivity contribution is 0.00578. The van der Waals surface area contributed by atoms with Crippen molar-refractivity contribution in [3.05, 3.63) is 23.3 Å². The molecule has 0 bridgehead atoms. The molecule has 0 aliphatic carbocycles. The summed E-state index contributed by atoms with van der Waals surface area (Å²) in [4.78, 5) is 5.78. The molecule has 0 aromatic rings. The molecular weight excluding hydrogens is 325 g/mol. The first-order valence-electron chi connectivity index (χ1n) is 8.76. The number of aliphatic imine (C=N–C) groups is 1. The second kappa shape index (κ2) is 7.29. The topological polar surface area (TPSA) is 34.1 Å². The van der Waals surface area contributed by atoms with Crippen LogP contribution in [0, 0.1) is 0 Å². The molecule has 2 aliphatic heterocycles. The summed E-state index contributed by atoms with van der Waals surface area (Å²) in [6.45, 7) is 14.4. The van der Waals surface area contributed by atoms with Gasteiger partial charge in [0.1, 0.15) is 0 Å². The zero-order valence-corrected chi connectivity index (χ0v) is 15.9. The predicted octanol–water partition coefficient (Wildman–Crippen LogP) is 3.88. The largest absolute Gasteiger partial charge is 0.490 e. The molecule has 0 aromatic carbocycles. The van der Waals surface area contributed by atoms with Gasteiger partial charge in [-0.25, -0.2) is 8.78 Å². The van der Waals surface area contributed by atoms with Crippen molar-refractivity contribution in [2.75, 3.05) is 19.6 Å². The molecule has 2 heterocycles. The average molecular weight is 354 g/mol. The van der Waals surface area contributed by atoms with Gasteiger partial charge in [-0.1, -0.05) is 6.08 Å². The van der Waals surface area contributed by atoms with Crippen LogP contribution in [0.15, 0.2) is 28.3 Å². The third kappa shape index (κ3) is 4.99. The normalized spacial score (nSPS) is 26.3. The molecule has 0 radical (unpaired) electrons. The Morgan fingerprint density at radius 3 is 2.28 bits per heavy atom. The van der Waals surface area contributed by atoms with Crippen LogP contribution < -0.4 is 0 Å². The summed E-state index contributed by atoms with van der Waals surface area (Å²) < 4.78 is 38.4. The van der Waals surface area contributed by atoms with Crippen molar-refractivity contribution < 1.29 is 18.1 Å². The van der Waals surface area contributed by atoms with Crippen molar-refractivity contribution in [1.29, 1.82) is 0 Å². The van der Waals surface area contributed by atoms with Crippen molar-refractivity contribution in [1.82, 2.24) is 4.90 Å². The molecule has 0 unspecified atom stereocenters. The number of nitrogens with zero attached hydrogens (tertiary/aromatic N) is 2. The summed E-state index contributed by atoms with van der Waals surface area (Å²) in [5.74, 6) is -2.56. The van der Waals surface area contributed by atoms with E-state index in [-0.39, 0.29) is 24.2 Å². The van der Waals surface area contributed by atoms with Crippen molar-refractivity contribution in [3.8, 4) is 0 Å². The Morgan fingerprint density at radius 2 is 1.80 bits per heavy atom. The smallest absolute Gasteiger partial charge is 0.400 e. The highest BCUT2D eigenvalue weighted by molar-refractivity contribution is 6.54. The molecule has 2 saturated heterocycles. The van der Waals surface area contributed by atoms with Gasteiger partial charge >= 0.3 is 7.12 Å². The van der Waals surface area contributed by atoms with Crippen molar-refractivity contribution in [2.45, 2.75) is 64.6 Å². The predicted molar refractivity (Wildman–Crippen MR) is 98.1 cm³/mol. The van der Waals surface area contributed by atoms with E-state index in [9.17, 15) is 8.78 Å². The van der Waals surface area contributed by atoms with Gasteiger partial charge in [-0.2, -0.15) is 0 Å². The Hall–Kier alpha value is -1.05. The van der Waals surface area contributed by atoms with Crippen molar-refractivity contribution in [3.63, 3.8) is 0 Å². The Kier molecular flexibility index (Phi) is 5.91. The summed E-state index contributed by atoms with van der Waals surface area (Å²) in [7, 11) is -0.399. The Bertz CT molecular complexity index is 557. The van der Waals surface area contributed by atoms with E-state index < -0.39 is 13.0 Å². The Balaban J connectivity index is 1.93. The van der Waals surface area contributed by atoms with Crippen molar-refractivity contribution >= 4 is 13.8 Å². The molecule has 0 saturated carbocycles. The Labute approximate surface area is 150 Å². The molecule has 0 spiro atoms. The summed E-state index contributed by atoms with van der Waals surface area (Å²) >= 11 is 0. The highest BCUT2D eigenvalue weighted by atomic mass is 19.3. The van der Waals surface area contributed by atoms with Gasteiger partial charge in [-0.15, -0.1) is 0 Å². The molecule has 2 aliphatic rings. The summed E-state index contributed by atoms with van der Waals surface area (Å²) in [6.07, 6.45) is 4.30. The highest BCUT2D eigenvalue weighted by Gasteiger charge is 2.51. The number of hydrogen-bond acceptors (Lipinski definition) is 4. The molecule has 4 nitrogen and oxygen atoms in total. The van der Waals surface area contributed by atoms with Gasteiger partial charge < -0.3 is 9.31 Å². The van der Waals surface area contributed by atoms with E-state index in [0.29, 0.717) is 19.5 Å². The maximum absolute atomic E-state index is 13.2. The van der Waals surface area contributed by atoms with Gasteiger partial charge in [0.2, 0.25) is 0 Å². The molecule has 140 valence electrons. The number of hydrogen-bond donors (Lipinski definition) is 0. The zero-order chi connectivity index (χ0) is 18.9. The average Bonchev–Trinajstić information content (AvgIpc) is 2.95. The van der Waals surface area contributed by atoms with Crippen LogP contribution in [-0.4, -0.2) is 55.5 Å². The van der Waals surface area contributed by atoms with Crippen LogP contribution in [0.25, 0.3) is 0 Å². The maximum Gasteiger partial charge on any atom is 0.490 e. The second-order valence-corrected chi connectivity index (χ2v) is 7.95. The standard InChI is InChI=1S/C18H29BF2N2O2/c1-14(19-24-16(2,3)17(4,5)25-19)7-8-15(22-6)9-11-23-12-10-18(20,21)13-23/h7-8H,6,9-13H2,1-5H3/b14-7+,15-8-. The molecule has 25 heavy (non-hydrogen) atoms. The van der Waals surface area contributed by atoms with Gasteiger partial charge in [-0.05, 0) is 52.9 Å². The monoisotopic (exact) mass is 354 g/mol. The van der Waals surface area contributed by atoms with E-state index in [2.05, 4.69) is 11.7 Å². The molecule has 2 rings (SSSR count). The lowest BCUT2D eigenvalue weighted by Gasteiger charge is -2.32. The number of halogens is 2. The van der Waals surface area contributed by atoms with Gasteiger partial charge in [0.15, 0.2) is 0 Å². The van der Waals surface area contributed by atoms with Crippen molar-refractivity contribution in [2.24, 2.45) is 4.99 Å². The number of likely N-dealkylation sites (tertiary alicyclic amines) is 1. The van der Waals surface area contributed by atoms with Crippen LogP contribution in [0.4, 0.5) is 8.78 Å². The number of allylic oxidation sites excluding steroid dienone is 3. The minimum absolute atomic E-state index is 0.0610. The summed E-state index contributed by atoms with van der Waals surface area (Å²) in [5.41, 5.74) is 0.951. The highest BCUT2D eigenvalue weighted by Crippen LogP contribution is 2.38. The quantitative estimate of drug-likeness (QED) is 0.412. The van der Waals surface area contributed by atoms with E-state index in [4.69, 9.17) is 9.31 Å². The van der Waals surface area contributed by atoms with Crippen LogP contribution in [0.5, 0.6) is 0 Å². The third-order valence-corrected chi connectivity index (χ3v) is 5.30. The maximum atomic E-state index is 13.2. The fourth-order valence-electron chi connectivity index (χ4n) is 2.82. The fraction of sp³-hybridized carbons (Fsp3) is 0.722. The van der Waals surface area contributed by atoms with Crippen LogP contribution >= 0.6 is 0 Å². The summed E-state index contributed by atoms with van der Waals surface area (Å²) in [5, 5.41) is 0. The number of alkyl halides is 2.